The molecular weight excluding hydrogens is 395 g/mol. The molecule has 1 aromatic carbocycles. The number of hydrogen-bond acceptors (Lipinski definition) is 3. The van der Waals surface area contributed by atoms with Gasteiger partial charge in [-0.2, -0.15) is 0 Å². The van der Waals surface area contributed by atoms with E-state index >= 15 is 0 Å². The van der Waals surface area contributed by atoms with Crippen LogP contribution in [-0.4, -0.2) is 36.9 Å². The molecular formula is C16H19IN2O3. The largest absolute Gasteiger partial charge is 0.497 e. The van der Waals surface area contributed by atoms with Crippen LogP contribution in [0.25, 0.3) is 0 Å². The van der Waals surface area contributed by atoms with E-state index in [-0.39, 0.29) is 17.7 Å². The summed E-state index contributed by atoms with van der Waals surface area (Å²) >= 11 is 2.16. The van der Waals surface area contributed by atoms with Crippen molar-refractivity contribution in [3.05, 3.63) is 34.4 Å². The topological polar surface area (TPSA) is 58.6 Å². The van der Waals surface area contributed by atoms with Gasteiger partial charge in [0.1, 0.15) is 5.75 Å². The van der Waals surface area contributed by atoms with E-state index in [1.807, 2.05) is 18.2 Å². The molecule has 118 valence electrons. The van der Waals surface area contributed by atoms with Crippen molar-refractivity contribution in [2.24, 2.45) is 5.92 Å². The van der Waals surface area contributed by atoms with Gasteiger partial charge in [-0.25, -0.2) is 0 Å². The highest BCUT2D eigenvalue weighted by Crippen LogP contribution is 2.25. The van der Waals surface area contributed by atoms with Crippen molar-refractivity contribution in [1.82, 2.24) is 4.90 Å². The number of piperidine rings is 1. The molecule has 2 rings (SSSR count). The first-order valence-corrected chi connectivity index (χ1v) is 8.18. The Morgan fingerprint density at radius 2 is 2.27 bits per heavy atom. The summed E-state index contributed by atoms with van der Waals surface area (Å²) < 4.78 is 6.07. The molecule has 2 amide bonds. The standard InChI is InChI=1S/C16H19IN2O3/c1-3-15(20)19-8-4-5-11(10-19)16(21)18-14-7-6-12(22-2)9-13(14)17/h3,6-7,9,11H,1,4-5,8,10H2,2H3,(H,18,21). The van der Waals surface area contributed by atoms with Gasteiger partial charge in [-0.3, -0.25) is 9.59 Å². The summed E-state index contributed by atoms with van der Waals surface area (Å²) in [5.41, 5.74) is 0.763. The maximum absolute atomic E-state index is 12.4. The van der Waals surface area contributed by atoms with Gasteiger partial charge in [0.25, 0.3) is 0 Å². The molecule has 1 aliphatic rings. The zero-order valence-electron chi connectivity index (χ0n) is 12.5. The van der Waals surface area contributed by atoms with E-state index in [9.17, 15) is 9.59 Å². The fourth-order valence-corrected chi connectivity index (χ4v) is 3.10. The number of rotatable bonds is 4. The molecule has 1 atom stereocenters. The van der Waals surface area contributed by atoms with Crippen molar-refractivity contribution in [2.75, 3.05) is 25.5 Å². The average Bonchev–Trinajstić information content (AvgIpc) is 2.55. The number of likely N-dealkylation sites (tertiary alicyclic amines) is 1. The molecule has 1 heterocycles. The fraction of sp³-hybridized carbons (Fsp3) is 0.375. The zero-order valence-corrected chi connectivity index (χ0v) is 14.6. The minimum Gasteiger partial charge on any atom is -0.497 e. The molecule has 22 heavy (non-hydrogen) atoms. The van der Waals surface area contributed by atoms with Crippen molar-refractivity contribution in [3.8, 4) is 5.75 Å². The highest BCUT2D eigenvalue weighted by Gasteiger charge is 2.27. The van der Waals surface area contributed by atoms with Gasteiger partial charge in [0, 0.05) is 16.7 Å². The Morgan fingerprint density at radius 1 is 1.50 bits per heavy atom. The molecule has 0 saturated carbocycles. The lowest BCUT2D eigenvalue weighted by Gasteiger charge is -2.31. The maximum Gasteiger partial charge on any atom is 0.245 e. The third-order valence-electron chi connectivity index (χ3n) is 3.71. The van der Waals surface area contributed by atoms with Gasteiger partial charge in [-0.05, 0) is 59.7 Å². The Kier molecular flexibility index (Phi) is 5.82. The number of nitrogens with one attached hydrogen (secondary N) is 1. The second-order valence-corrected chi connectivity index (χ2v) is 6.32. The first kappa shape index (κ1) is 16.8. The Balaban J connectivity index is 2.02. The van der Waals surface area contributed by atoms with E-state index < -0.39 is 0 Å². The van der Waals surface area contributed by atoms with E-state index in [0.717, 1.165) is 27.8 Å². The van der Waals surface area contributed by atoms with Crippen LogP contribution in [0.3, 0.4) is 0 Å². The van der Waals surface area contributed by atoms with Gasteiger partial charge in [0.05, 0.1) is 18.7 Å². The summed E-state index contributed by atoms with van der Waals surface area (Å²) in [7, 11) is 1.61. The smallest absolute Gasteiger partial charge is 0.245 e. The first-order chi connectivity index (χ1) is 10.5. The predicted molar refractivity (Wildman–Crippen MR) is 93.8 cm³/mol. The first-order valence-electron chi connectivity index (χ1n) is 7.11. The predicted octanol–water partition coefficient (Wildman–Crippen LogP) is 2.66. The highest BCUT2D eigenvalue weighted by atomic mass is 127. The van der Waals surface area contributed by atoms with Crippen LogP contribution < -0.4 is 10.1 Å². The minimum absolute atomic E-state index is 0.0513. The highest BCUT2D eigenvalue weighted by molar-refractivity contribution is 14.1. The van der Waals surface area contributed by atoms with Gasteiger partial charge >= 0.3 is 0 Å². The Morgan fingerprint density at radius 3 is 2.91 bits per heavy atom. The monoisotopic (exact) mass is 414 g/mol. The lowest BCUT2D eigenvalue weighted by Crippen LogP contribution is -2.43. The van der Waals surface area contributed by atoms with Crippen LogP contribution in [0.2, 0.25) is 0 Å². The van der Waals surface area contributed by atoms with Crippen LogP contribution in [0.5, 0.6) is 5.75 Å². The molecule has 0 radical (unpaired) electrons. The number of benzene rings is 1. The van der Waals surface area contributed by atoms with Gasteiger partial charge < -0.3 is 15.0 Å². The number of hydrogen-bond donors (Lipinski definition) is 1. The van der Waals surface area contributed by atoms with E-state index in [1.165, 1.54) is 6.08 Å². The molecule has 0 aromatic heterocycles. The lowest BCUT2D eigenvalue weighted by atomic mass is 9.97. The molecule has 0 spiro atoms. The number of carbonyl (C=O) groups excluding carboxylic acids is 2. The summed E-state index contributed by atoms with van der Waals surface area (Å²) in [6.07, 6.45) is 2.92. The van der Waals surface area contributed by atoms with Crippen LogP contribution in [0.4, 0.5) is 5.69 Å². The summed E-state index contributed by atoms with van der Waals surface area (Å²) in [5.74, 6) is 0.402. The number of carbonyl (C=O) groups is 2. The number of halogens is 1. The SMILES string of the molecule is C=CC(=O)N1CCCC(C(=O)Nc2ccc(OC)cc2I)C1. The molecule has 5 nitrogen and oxygen atoms in total. The zero-order chi connectivity index (χ0) is 16.1. The molecule has 1 aromatic rings. The quantitative estimate of drug-likeness (QED) is 0.609. The Hall–Kier alpha value is -1.57. The Bertz CT molecular complexity index is 589. The average molecular weight is 414 g/mol. The molecule has 1 N–H and O–H groups in total. The molecule has 0 aliphatic carbocycles. The summed E-state index contributed by atoms with van der Waals surface area (Å²) in [6.45, 7) is 4.63. The number of nitrogens with zero attached hydrogens (tertiary/aromatic N) is 1. The molecule has 1 saturated heterocycles. The van der Waals surface area contributed by atoms with Crippen molar-refractivity contribution in [2.45, 2.75) is 12.8 Å². The number of ether oxygens (including phenoxy) is 1. The summed E-state index contributed by atoms with van der Waals surface area (Å²) in [4.78, 5) is 25.8. The van der Waals surface area contributed by atoms with Gasteiger partial charge in [-0.15, -0.1) is 0 Å². The molecule has 1 unspecified atom stereocenters. The van der Waals surface area contributed by atoms with Crippen LogP contribution in [0, 0.1) is 9.49 Å². The van der Waals surface area contributed by atoms with E-state index in [2.05, 4.69) is 34.5 Å². The van der Waals surface area contributed by atoms with Crippen LogP contribution in [0.15, 0.2) is 30.9 Å². The second-order valence-electron chi connectivity index (χ2n) is 5.16. The third-order valence-corrected chi connectivity index (χ3v) is 4.61. The second kappa shape index (κ2) is 7.62. The minimum atomic E-state index is -0.185. The van der Waals surface area contributed by atoms with Crippen molar-refractivity contribution < 1.29 is 14.3 Å². The van der Waals surface area contributed by atoms with Crippen LogP contribution >= 0.6 is 22.6 Å². The van der Waals surface area contributed by atoms with E-state index in [0.29, 0.717) is 13.1 Å². The van der Waals surface area contributed by atoms with Gasteiger partial charge in [-0.1, -0.05) is 6.58 Å². The third kappa shape index (κ3) is 4.00. The lowest BCUT2D eigenvalue weighted by molar-refractivity contribution is -0.130. The maximum atomic E-state index is 12.4. The Labute approximate surface area is 143 Å². The number of anilines is 1. The van der Waals surface area contributed by atoms with Crippen LogP contribution in [0.1, 0.15) is 12.8 Å². The van der Waals surface area contributed by atoms with Crippen molar-refractivity contribution in [3.63, 3.8) is 0 Å². The fourth-order valence-electron chi connectivity index (χ4n) is 2.48. The molecule has 1 fully saturated rings. The normalized spacial score (nSPS) is 17.7. The van der Waals surface area contributed by atoms with Crippen LogP contribution in [-0.2, 0) is 9.59 Å². The molecule has 6 heteroatoms. The molecule has 0 bridgehead atoms. The van der Waals surface area contributed by atoms with Crippen molar-refractivity contribution >= 4 is 40.1 Å². The molecule has 1 aliphatic heterocycles. The number of methoxy groups -OCH3 is 1. The summed E-state index contributed by atoms with van der Waals surface area (Å²) in [6, 6.07) is 5.50. The number of amides is 2. The van der Waals surface area contributed by atoms with Crippen molar-refractivity contribution in [1.29, 1.82) is 0 Å². The van der Waals surface area contributed by atoms with E-state index in [4.69, 9.17) is 4.74 Å². The van der Waals surface area contributed by atoms with Gasteiger partial charge in [0.15, 0.2) is 0 Å². The summed E-state index contributed by atoms with van der Waals surface area (Å²) in [5, 5.41) is 2.94. The van der Waals surface area contributed by atoms with Gasteiger partial charge in [0.2, 0.25) is 11.8 Å². The van der Waals surface area contributed by atoms with E-state index in [1.54, 1.807) is 12.0 Å².